The summed E-state index contributed by atoms with van der Waals surface area (Å²) in [7, 11) is -3.84. The number of rotatable bonds is 4. The highest BCUT2D eigenvalue weighted by Gasteiger charge is 2.25. The SMILES string of the molecule is NS(=O)(=O)c1ccc(Br)c(C(=O)N2CCC(Cc3ccccc3)CC2)c1. The number of likely N-dealkylation sites (tertiary alicyclic amines) is 1. The van der Waals surface area contributed by atoms with Gasteiger partial charge in [-0.05, 0) is 64.9 Å². The lowest BCUT2D eigenvalue weighted by Crippen LogP contribution is -2.39. The van der Waals surface area contributed by atoms with Crippen molar-refractivity contribution in [2.75, 3.05) is 13.1 Å². The van der Waals surface area contributed by atoms with Gasteiger partial charge in [0.15, 0.2) is 0 Å². The summed E-state index contributed by atoms with van der Waals surface area (Å²) in [5, 5.41) is 5.18. The zero-order valence-electron chi connectivity index (χ0n) is 14.3. The smallest absolute Gasteiger partial charge is 0.255 e. The van der Waals surface area contributed by atoms with Crippen molar-refractivity contribution >= 4 is 31.9 Å². The van der Waals surface area contributed by atoms with Crippen molar-refractivity contribution in [2.45, 2.75) is 24.2 Å². The summed E-state index contributed by atoms with van der Waals surface area (Å²) in [6.07, 6.45) is 2.90. The minimum atomic E-state index is -3.84. The molecule has 1 saturated heterocycles. The molecule has 1 fully saturated rings. The molecule has 0 saturated carbocycles. The first kappa shape index (κ1) is 19.1. The number of carbonyl (C=O) groups excluding carboxylic acids is 1. The molecule has 0 unspecified atom stereocenters. The molecule has 0 atom stereocenters. The Labute approximate surface area is 162 Å². The molecule has 0 aliphatic carbocycles. The first-order chi connectivity index (χ1) is 12.3. The lowest BCUT2D eigenvalue weighted by Gasteiger charge is -2.32. The molecule has 1 heterocycles. The van der Waals surface area contributed by atoms with Crippen molar-refractivity contribution in [3.63, 3.8) is 0 Å². The quantitative estimate of drug-likeness (QED) is 0.798. The van der Waals surface area contributed by atoms with Gasteiger partial charge in [0.25, 0.3) is 5.91 Å². The van der Waals surface area contributed by atoms with Crippen LogP contribution in [0, 0.1) is 5.92 Å². The van der Waals surface area contributed by atoms with Crippen LogP contribution < -0.4 is 5.14 Å². The molecule has 2 N–H and O–H groups in total. The molecule has 1 aliphatic heterocycles. The number of carbonyl (C=O) groups is 1. The van der Waals surface area contributed by atoms with Crippen LogP contribution in [0.25, 0.3) is 0 Å². The van der Waals surface area contributed by atoms with Crippen LogP contribution in [0.1, 0.15) is 28.8 Å². The zero-order valence-corrected chi connectivity index (χ0v) is 16.7. The summed E-state index contributed by atoms with van der Waals surface area (Å²) in [6, 6.07) is 14.7. The van der Waals surface area contributed by atoms with Crippen LogP contribution in [0.2, 0.25) is 0 Å². The minimum absolute atomic E-state index is 0.0528. The van der Waals surface area contributed by atoms with E-state index in [9.17, 15) is 13.2 Å². The van der Waals surface area contributed by atoms with Crippen LogP contribution >= 0.6 is 15.9 Å². The summed E-state index contributed by atoms with van der Waals surface area (Å²) in [6.45, 7) is 1.34. The molecule has 0 bridgehead atoms. The highest BCUT2D eigenvalue weighted by Crippen LogP contribution is 2.26. The molecule has 0 spiro atoms. The second kappa shape index (κ2) is 7.90. The van der Waals surface area contributed by atoms with E-state index in [1.807, 2.05) is 18.2 Å². The molecule has 0 radical (unpaired) electrons. The summed E-state index contributed by atoms with van der Waals surface area (Å²) in [5.74, 6) is 0.390. The van der Waals surface area contributed by atoms with Crippen LogP contribution in [0.15, 0.2) is 57.9 Å². The fraction of sp³-hybridized carbons (Fsp3) is 0.316. The van der Waals surface area contributed by atoms with Crippen LogP contribution in [0.4, 0.5) is 0 Å². The fourth-order valence-electron chi connectivity index (χ4n) is 3.30. The first-order valence-electron chi connectivity index (χ1n) is 8.50. The third-order valence-corrected chi connectivity index (χ3v) is 6.37. The maximum atomic E-state index is 12.8. The topological polar surface area (TPSA) is 80.5 Å². The maximum absolute atomic E-state index is 12.8. The summed E-state index contributed by atoms with van der Waals surface area (Å²) >= 11 is 3.34. The summed E-state index contributed by atoms with van der Waals surface area (Å²) in [5.41, 5.74) is 1.65. The van der Waals surface area contributed by atoms with Gasteiger partial charge in [-0.15, -0.1) is 0 Å². The molecule has 138 valence electrons. The normalized spacial score (nSPS) is 15.8. The van der Waals surface area contributed by atoms with E-state index < -0.39 is 10.0 Å². The first-order valence-corrected chi connectivity index (χ1v) is 10.8. The van der Waals surface area contributed by atoms with E-state index in [4.69, 9.17) is 5.14 Å². The monoisotopic (exact) mass is 436 g/mol. The number of piperidine rings is 1. The molecule has 2 aromatic rings. The Hall–Kier alpha value is -1.70. The van der Waals surface area contributed by atoms with Crippen LogP contribution in [-0.2, 0) is 16.4 Å². The number of benzene rings is 2. The lowest BCUT2D eigenvalue weighted by molar-refractivity contribution is 0.0689. The molecule has 3 rings (SSSR count). The summed E-state index contributed by atoms with van der Waals surface area (Å²) in [4.78, 5) is 14.6. The average molecular weight is 437 g/mol. The van der Waals surface area contributed by atoms with Gasteiger partial charge in [0.05, 0.1) is 10.5 Å². The van der Waals surface area contributed by atoms with Gasteiger partial charge in [-0.25, -0.2) is 13.6 Å². The van der Waals surface area contributed by atoms with Crippen LogP contribution in [0.5, 0.6) is 0 Å². The minimum Gasteiger partial charge on any atom is -0.339 e. The zero-order chi connectivity index (χ0) is 18.7. The molecule has 0 aromatic heterocycles. The second-order valence-corrected chi connectivity index (χ2v) is 9.03. The van der Waals surface area contributed by atoms with Gasteiger partial charge >= 0.3 is 0 Å². The number of amides is 1. The molecule has 5 nitrogen and oxygen atoms in total. The Kier molecular flexibility index (Phi) is 5.79. The fourth-order valence-corrected chi connectivity index (χ4v) is 4.26. The van der Waals surface area contributed by atoms with E-state index >= 15 is 0 Å². The van der Waals surface area contributed by atoms with Gasteiger partial charge in [0.1, 0.15) is 0 Å². The predicted molar refractivity (Wildman–Crippen MR) is 104 cm³/mol. The standard InChI is InChI=1S/C19H21BrN2O3S/c20-18-7-6-16(26(21,24)25)13-17(18)19(23)22-10-8-15(9-11-22)12-14-4-2-1-3-5-14/h1-7,13,15H,8-12H2,(H2,21,24,25). The third-order valence-electron chi connectivity index (χ3n) is 4.77. The number of nitrogens with zero attached hydrogens (tertiary/aromatic N) is 1. The van der Waals surface area contributed by atoms with Gasteiger partial charge in [0.2, 0.25) is 10.0 Å². The highest BCUT2D eigenvalue weighted by molar-refractivity contribution is 9.10. The highest BCUT2D eigenvalue weighted by atomic mass is 79.9. The molecule has 1 aliphatic rings. The lowest BCUT2D eigenvalue weighted by atomic mass is 9.90. The van der Waals surface area contributed by atoms with E-state index in [0.717, 1.165) is 19.3 Å². The van der Waals surface area contributed by atoms with Crippen molar-refractivity contribution in [3.8, 4) is 0 Å². The average Bonchev–Trinajstić information content (AvgIpc) is 2.62. The van der Waals surface area contributed by atoms with Crippen molar-refractivity contribution in [1.29, 1.82) is 0 Å². The van der Waals surface area contributed by atoms with Crippen molar-refractivity contribution in [3.05, 3.63) is 64.1 Å². The molecule has 7 heteroatoms. The number of hydrogen-bond donors (Lipinski definition) is 1. The molecule has 26 heavy (non-hydrogen) atoms. The molecular weight excluding hydrogens is 416 g/mol. The van der Waals surface area contributed by atoms with Gasteiger partial charge in [-0.2, -0.15) is 0 Å². The van der Waals surface area contributed by atoms with Crippen LogP contribution in [-0.4, -0.2) is 32.3 Å². The second-order valence-electron chi connectivity index (χ2n) is 6.61. The van der Waals surface area contributed by atoms with Crippen molar-refractivity contribution in [2.24, 2.45) is 11.1 Å². The van der Waals surface area contributed by atoms with E-state index in [2.05, 4.69) is 28.1 Å². The summed E-state index contributed by atoms with van der Waals surface area (Å²) < 4.78 is 23.7. The van der Waals surface area contributed by atoms with Crippen molar-refractivity contribution in [1.82, 2.24) is 4.90 Å². The number of nitrogens with two attached hydrogens (primary N) is 1. The molecular formula is C19H21BrN2O3S. The predicted octanol–water partition coefficient (Wildman–Crippen LogP) is 3.19. The van der Waals surface area contributed by atoms with Gasteiger partial charge < -0.3 is 4.90 Å². The molecule has 1 amide bonds. The Morgan fingerprint density at radius 3 is 2.38 bits per heavy atom. The maximum Gasteiger partial charge on any atom is 0.255 e. The number of primary sulfonamides is 1. The van der Waals surface area contributed by atoms with Crippen LogP contribution in [0.3, 0.4) is 0 Å². The third kappa shape index (κ3) is 4.52. The Morgan fingerprint density at radius 2 is 1.77 bits per heavy atom. The van der Waals surface area contributed by atoms with Crippen molar-refractivity contribution < 1.29 is 13.2 Å². The van der Waals surface area contributed by atoms with E-state index in [1.54, 1.807) is 11.0 Å². The van der Waals surface area contributed by atoms with Gasteiger partial charge in [0, 0.05) is 17.6 Å². The Bertz CT molecular complexity index is 892. The van der Waals surface area contributed by atoms with E-state index in [-0.39, 0.29) is 10.8 Å². The number of sulfonamides is 1. The Morgan fingerprint density at radius 1 is 1.12 bits per heavy atom. The largest absolute Gasteiger partial charge is 0.339 e. The van der Waals surface area contributed by atoms with Gasteiger partial charge in [-0.3, -0.25) is 4.79 Å². The number of hydrogen-bond acceptors (Lipinski definition) is 3. The number of halogens is 1. The van der Waals surface area contributed by atoms with E-state index in [1.165, 1.54) is 17.7 Å². The van der Waals surface area contributed by atoms with E-state index in [0.29, 0.717) is 29.0 Å². The Balaban J connectivity index is 1.67. The molecule has 2 aromatic carbocycles. The van der Waals surface area contributed by atoms with Gasteiger partial charge in [-0.1, -0.05) is 30.3 Å².